The Kier molecular flexibility index (Phi) is 6.13. The van der Waals surface area contributed by atoms with Crippen LogP contribution in [0.1, 0.15) is 16.1 Å². The van der Waals surface area contributed by atoms with Gasteiger partial charge >= 0.3 is 0 Å². The van der Waals surface area contributed by atoms with Crippen molar-refractivity contribution in [2.24, 2.45) is 0 Å². The highest BCUT2D eigenvalue weighted by Crippen LogP contribution is 2.29. The highest BCUT2D eigenvalue weighted by atomic mass is 32.1. The van der Waals surface area contributed by atoms with Crippen molar-refractivity contribution in [3.8, 4) is 22.1 Å². The van der Waals surface area contributed by atoms with E-state index in [4.69, 9.17) is 14.5 Å². The molecule has 1 aliphatic heterocycles. The van der Waals surface area contributed by atoms with E-state index in [1.54, 1.807) is 55.1 Å². The number of piperazine rings is 1. The molecule has 1 amide bonds. The average molecular weight is 430 g/mol. The molecule has 1 aromatic carbocycles. The summed E-state index contributed by atoms with van der Waals surface area (Å²) in [6, 6.07) is 7.41. The topological polar surface area (TPSA) is 54.9 Å². The molecule has 4 rings (SSSR count). The van der Waals surface area contributed by atoms with Crippen LogP contribution in [0.3, 0.4) is 0 Å². The molecular weight excluding hydrogens is 406 g/mol. The van der Waals surface area contributed by atoms with Crippen LogP contribution in [0, 0.1) is 0 Å². The second-order valence-electron chi connectivity index (χ2n) is 6.79. The van der Waals surface area contributed by atoms with Crippen LogP contribution in [0.15, 0.2) is 40.4 Å². The molecule has 0 spiro atoms. The SMILES string of the molecule is COc1ccc(C(=O)N2CCN(Cc3csc(-c4ccsc4)n3)CC2)cc1OC. The van der Waals surface area contributed by atoms with E-state index in [1.807, 2.05) is 4.90 Å². The summed E-state index contributed by atoms with van der Waals surface area (Å²) in [7, 11) is 3.16. The number of carbonyl (C=O) groups excluding carboxylic acids is 1. The second-order valence-corrected chi connectivity index (χ2v) is 8.43. The molecule has 1 saturated heterocycles. The summed E-state index contributed by atoms with van der Waals surface area (Å²) in [4.78, 5) is 21.9. The van der Waals surface area contributed by atoms with Gasteiger partial charge in [0.1, 0.15) is 5.01 Å². The van der Waals surface area contributed by atoms with Gasteiger partial charge < -0.3 is 14.4 Å². The predicted molar refractivity (Wildman–Crippen MR) is 116 cm³/mol. The minimum absolute atomic E-state index is 0.0269. The first-order chi connectivity index (χ1) is 14.2. The quantitative estimate of drug-likeness (QED) is 0.596. The summed E-state index contributed by atoms with van der Waals surface area (Å²) < 4.78 is 10.6. The summed E-state index contributed by atoms with van der Waals surface area (Å²) in [6.07, 6.45) is 0. The van der Waals surface area contributed by atoms with E-state index in [0.717, 1.165) is 30.3 Å². The Balaban J connectivity index is 1.34. The number of ether oxygens (including phenoxy) is 2. The maximum atomic E-state index is 12.9. The third-order valence-electron chi connectivity index (χ3n) is 5.00. The lowest BCUT2D eigenvalue weighted by atomic mass is 10.1. The van der Waals surface area contributed by atoms with Crippen molar-refractivity contribution >= 4 is 28.6 Å². The van der Waals surface area contributed by atoms with Gasteiger partial charge in [0.2, 0.25) is 0 Å². The van der Waals surface area contributed by atoms with Crippen LogP contribution < -0.4 is 9.47 Å². The number of benzene rings is 1. The number of carbonyl (C=O) groups is 1. The molecule has 1 aliphatic rings. The molecule has 2 aromatic heterocycles. The minimum Gasteiger partial charge on any atom is -0.493 e. The summed E-state index contributed by atoms with van der Waals surface area (Å²) >= 11 is 3.38. The molecule has 1 fully saturated rings. The molecule has 29 heavy (non-hydrogen) atoms. The fourth-order valence-corrected chi connectivity index (χ4v) is 4.91. The van der Waals surface area contributed by atoms with Crippen LogP contribution in [-0.4, -0.2) is 61.1 Å². The maximum absolute atomic E-state index is 12.9. The van der Waals surface area contributed by atoms with Crippen molar-refractivity contribution in [3.63, 3.8) is 0 Å². The first-order valence-corrected chi connectivity index (χ1v) is 11.2. The van der Waals surface area contributed by atoms with Crippen molar-refractivity contribution in [1.29, 1.82) is 0 Å². The highest BCUT2D eigenvalue weighted by Gasteiger charge is 2.23. The van der Waals surface area contributed by atoms with E-state index < -0.39 is 0 Å². The van der Waals surface area contributed by atoms with Crippen LogP contribution in [-0.2, 0) is 6.54 Å². The fraction of sp³-hybridized carbons (Fsp3) is 0.333. The van der Waals surface area contributed by atoms with E-state index in [1.165, 1.54) is 5.56 Å². The molecule has 3 heterocycles. The monoisotopic (exact) mass is 429 g/mol. The van der Waals surface area contributed by atoms with Gasteiger partial charge in [-0.05, 0) is 29.6 Å². The highest BCUT2D eigenvalue weighted by molar-refractivity contribution is 7.14. The number of hydrogen-bond donors (Lipinski definition) is 0. The van der Waals surface area contributed by atoms with E-state index in [9.17, 15) is 4.79 Å². The van der Waals surface area contributed by atoms with Gasteiger partial charge in [-0.25, -0.2) is 4.98 Å². The van der Waals surface area contributed by atoms with E-state index >= 15 is 0 Å². The van der Waals surface area contributed by atoms with Gasteiger partial charge in [0.05, 0.1) is 19.9 Å². The zero-order chi connectivity index (χ0) is 20.2. The Bertz CT molecular complexity index is 963. The Hall–Kier alpha value is -2.42. The Morgan fingerprint density at radius 1 is 1.07 bits per heavy atom. The van der Waals surface area contributed by atoms with Gasteiger partial charge in [-0.1, -0.05) is 0 Å². The number of hydrogen-bond acceptors (Lipinski definition) is 7. The molecule has 0 radical (unpaired) electrons. The third-order valence-corrected chi connectivity index (χ3v) is 6.62. The third kappa shape index (κ3) is 4.44. The molecule has 0 atom stereocenters. The molecular formula is C21H23N3O3S2. The molecule has 6 nitrogen and oxygen atoms in total. The van der Waals surface area contributed by atoms with Gasteiger partial charge in [-0.15, -0.1) is 11.3 Å². The number of thiazole rings is 1. The van der Waals surface area contributed by atoms with Gasteiger partial charge in [-0.3, -0.25) is 9.69 Å². The van der Waals surface area contributed by atoms with Crippen molar-refractivity contribution in [1.82, 2.24) is 14.8 Å². The van der Waals surface area contributed by atoms with Crippen LogP contribution in [0.25, 0.3) is 10.6 Å². The van der Waals surface area contributed by atoms with E-state index in [0.29, 0.717) is 30.2 Å². The molecule has 152 valence electrons. The lowest BCUT2D eigenvalue weighted by Crippen LogP contribution is -2.48. The zero-order valence-electron chi connectivity index (χ0n) is 16.5. The van der Waals surface area contributed by atoms with E-state index in [2.05, 4.69) is 27.1 Å². The summed E-state index contributed by atoms with van der Waals surface area (Å²) in [5, 5.41) is 7.41. The number of thiophene rings is 1. The lowest BCUT2D eigenvalue weighted by molar-refractivity contribution is 0.0627. The van der Waals surface area contributed by atoms with Crippen molar-refractivity contribution in [2.75, 3.05) is 40.4 Å². The predicted octanol–water partition coefficient (Wildman–Crippen LogP) is 3.85. The van der Waals surface area contributed by atoms with E-state index in [-0.39, 0.29) is 5.91 Å². The summed E-state index contributed by atoms with van der Waals surface area (Å²) in [5.74, 6) is 1.22. The Morgan fingerprint density at radius 2 is 1.86 bits per heavy atom. The molecule has 0 N–H and O–H groups in total. The number of rotatable bonds is 6. The van der Waals surface area contributed by atoms with Gasteiger partial charge in [0.25, 0.3) is 5.91 Å². The first-order valence-electron chi connectivity index (χ1n) is 9.38. The number of aromatic nitrogens is 1. The Morgan fingerprint density at radius 3 is 2.55 bits per heavy atom. The minimum atomic E-state index is 0.0269. The standard InChI is InChI=1S/C21H23N3O3S2/c1-26-18-4-3-15(11-19(18)27-2)21(25)24-8-6-23(7-9-24)12-17-14-29-20(22-17)16-5-10-28-13-16/h3-5,10-11,13-14H,6-9,12H2,1-2H3. The molecule has 0 saturated carbocycles. The van der Waals surface area contributed by atoms with Crippen LogP contribution in [0.5, 0.6) is 11.5 Å². The largest absolute Gasteiger partial charge is 0.493 e. The summed E-state index contributed by atoms with van der Waals surface area (Å²) in [6.45, 7) is 3.90. The number of nitrogens with zero attached hydrogens (tertiary/aromatic N) is 3. The molecule has 0 unspecified atom stereocenters. The fourth-order valence-electron chi connectivity index (χ4n) is 3.39. The molecule has 0 aliphatic carbocycles. The Labute approximate surface area is 178 Å². The van der Waals surface area contributed by atoms with Crippen LogP contribution >= 0.6 is 22.7 Å². The van der Waals surface area contributed by atoms with Gasteiger partial charge in [0, 0.05) is 54.6 Å². The smallest absolute Gasteiger partial charge is 0.254 e. The van der Waals surface area contributed by atoms with Crippen LogP contribution in [0.2, 0.25) is 0 Å². The normalized spacial score (nSPS) is 14.8. The number of amides is 1. The van der Waals surface area contributed by atoms with Gasteiger partial charge in [-0.2, -0.15) is 11.3 Å². The second kappa shape index (κ2) is 8.94. The van der Waals surface area contributed by atoms with Crippen molar-refractivity contribution < 1.29 is 14.3 Å². The van der Waals surface area contributed by atoms with Crippen molar-refractivity contribution in [2.45, 2.75) is 6.54 Å². The number of methoxy groups -OCH3 is 2. The van der Waals surface area contributed by atoms with Crippen LogP contribution in [0.4, 0.5) is 0 Å². The average Bonchev–Trinajstić information content (AvgIpc) is 3.45. The molecule has 3 aromatic rings. The van der Waals surface area contributed by atoms with Crippen molar-refractivity contribution in [3.05, 3.63) is 51.7 Å². The van der Waals surface area contributed by atoms with Gasteiger partial charge in [0.15, 0.2) is 11.5 Å². The summed E-state index contributed by atoms with van der Waals surface area (Å²) in [5.41, 5.74) is 2.91. The maximum Gasteiger partial charge on any atom is 0.254 e. The first kappa shape index (κ1) is 19.9. The lowest BCUT2D eigenvalue weighted by Gasteiger charge is -2.34. The zero-order valence-corrected chi connectivity index (χ0v) is 18.1. The molecule has 0 bridgehead atoms. The molecule has 8 heteroatoms.